The molecule has 1 fully saturated rings. The van der Waals surface area contributed by atoms with Crippen molar-refractivity contribution < 1.29 is 8.42 Å². The van der Waals surface area contributed by atoms with Crippen molar-refractivity contribution >= 4 is 27.5 Å². The van der Waals surface area contributed by atoms with E-state index in [-0.39, 0.29) is 4.90 Å². The molecule has 1 saturated heterocycles. The molecule has 0 bridgehead atoms. The van der Waals surface area contributed by atoms with Gasteiger partial charge in [0, 0.05) is 41.8 Å². The number of nitrogens with zero attached hydrogens (tertiary/aromatic N) is 2. The molecule has 1 aromatic carbocycles. The van der Waals surface area contributed by atoms with E-state index in [1.807, 2.05) is 36.3 Å². The molecule has 5 nitrogen and oxygen atoms in total. The van der Waals surface area contributed by atoms with Crippen LogP contribution in [0.1, 0.15) is 18.4 Å². The number of primary sulfonamides is 1. The summed E-state index contributed by atoms with van der Waals surface area (Å²) < 4.78 is 22.7. The Morgan fingerprint density at radius 2 is 1.88 bits per heavy atom. The number of sulfonamides is 1. The zero-order valence-corrected chi connectivity index (χ0v) is 15.9. The van der Waals surface area contributed by atoms with Gasteiger partial charge in [-0.3, -0.25) is 4.98 Å². The van der Waals surface area contributed by atoms with Gasteiger partial charge in [0.15, 0.2) is 0 Å². The maximum Gasteiger partial charge on any atom is 0.238 e. The molecular weight excluding hydrogens is 354 g/mol. The van der Waals surface area contributed by atoms with Gasteiger partial charge >= 0.3 is 0 Å². The van der Waals surface area contributed by atoms with Gasteiger partial charge in [0.1, 0.15) is 0 Å². The second-order valence-electron chi connectivity index (χ2n) is 6.42. The average Bonchev–Trinajstić information content (AvgIpc) is 2.61. The summed E-state index contributed by atoms with van der Waals surface area (Å²) in [6, 6.07) is 8.90. The number of aromatic nitrogens is 1. The highest BCUT2D eigenvalue weighted by atomic mass is 32.2. The summed E-state index contributed by atoms with van der Waals surface area (Å²) >= 11 is 1.89. The Morgan fingerprint density at radius 1 is 1.20 bits per heavy atom. The summed E-state index contributed by atoms with van der Waals surface area (Å²) in [6.07, 6.45) is 6.06. The molecule has 0 radical (unpaired) electrons. The Balaban J connectivity index is 1.52. The molecule has 25 heavy (non-hydrogen) atoms. The second kappa shape index (κ2) is 7.76. The molecule has 0 atom stereocenters. The standard InChI is InChI=1S/C18H23N3O2S2/c1-14-6-9-20-12-18(14)24-13-15-7-10-21(11-8-15)16-2-4-17(5-3-16)25(19,22)23/h2-6,9,12,15H,7-8,10-11,13H2,1H3,(H2,19,22,23). The second-order valence-corrected chi connectivity index (χ2v) is 9.04. The highest BCUT2D eigenvalue weighted by molar-refractivity contribution is 7.99. The average molecular weight is 378 g/mol. The van der Waals surface area contributed by atoms with Crippen LogP contribution in [0.25, 0.3) is 0 Å². The molecule has 0 unspecified atom stereocenters. The van der Waals surface area contributed by atoms with E-state index in [2.05, 4.69) is 22.9 Å². The zero-order valence-electron chi connectivity index (χ0n) is 14.3. The summed E-state index contributed by atoms with van der Waals surface area (Å²) in [5.74, 6) is 1.81. The van der Waals surface area contributed by atoms with Gasteiger partial charge in [-0.05, 0) is 61.6 Å². The van der Waals surface area contributed by atoms with Crippen molar-refractivity contribution in [1.29, 1.82) is 0 Å². The van der Waals surface area contributed by atoms with Crippen molar-refractivity contribution in [3.05, 3.63) is 48.3 Å². The fraction of sp³-hybridized carbons (Fsp3) is 0.389. The van der Waals surface area contributed by atoms with E-state index >= 15 is 0 Å². The van der Waals surface area contributed by atoms with Crippen molar-refractivity contribution in [2.75, 3.05) is 23.7 Å². The van der Waals surface area contributed by atoms with Crippen LogP contribution in [-0.2, 0) is 10.0 Å². The SMILES string of the molecule is Cc1ccncc1SCC1CCN(c2ccc(S(N)(=O)=O)cc2)CC1. The Morgan fingerprint density at radius 3 is 2.48 bits per heavy atom. The van der Waals surface area contributed by atoms with Gasteiger partial charge in [0.25, 0.3) is 0 Å². The molecule has 2 aromatic rings. The molecule has 7 heteroatoms. The molecule has 3 rings (SSSR count). The van der Waals surface area contributed by atoms with Crippen LogP contribution in [0.2, 0.25) is 0 Å². The summed E-state index contributed by atoms with van der Waals surface area (Å²) in [5, 5.41) is 5.15. The quantitative estimate of drug-likeness (QED) is 0.811. The van der Waals surface area contributed by atoms with Gasteiger partial charge in [0.2, 0.25) is 10.0 Å². The molecule has 1 aromatic heterocycles. The maximum absolute atomic E-state index is 11.3. The molecule has 2 heterocycles. The topological polar surface area (TPSA) is 76.3 Å². The van der Waals surface area contributed by atoms with Crippen molar-refractivity contribution in [3.63, 3.8) is 0 Å². The van der Waals surface area contributed by atoms with Gasteiger partial charge in [-0.25, -0.2) is 13.6 Å². The first kappa shape index (κ1) is 18.2. The molecular formula is C18H23N3O2S2. The first-order chi connectivity index (χ1) is 11.9. The van der Waals surface area contributed by atoms with Crippen LogP contribution < -0.4 is 10.0 Å². The van der Waals surface area contributed by atoms with E-state index in [4.69, 9.17) is 5.14 Å². The first-order valence-electron chi connectivity index (χ1n) is 8.35. The van der Waals surface area contributed by atoms with Crippen LogP contribution in [0.15, 0.2) is 52.5 Å². The van der Waals surface area contributed by atoms with Crippen molar-refractivity contribution in [2.24, 2.45) is 11.1 Å². The van der Waals surface area contributed by atoms with E-state index in [1.54, 1.807) is 12.1 Å². The number of aryl methyl sites for hydroxylation is 1. The number of benzene rings is 1. The first-order valence-corrected chi connectivity index (χ1v) is 10.9. The predicted octanol–water partition coefficient (Wildman–Crippen LogP) is 3.05. The number of rotatable bonds is 5. The van der Waals surface area contributed by atoms with Gasteiger partial charge < -0.3 is 4.90 Å². The van der Waals surface area contributed by atoms with Crippen LogP contribution in [0.5, 0.6) is 0 Å². The number of hydrogen-bond donors (Lipinski definition) is 1. The molecule has 1 aliphatic heterocycles. The normalized spacial score (nSPS) is 16.2. The third-order valence-electron chi connectivity index (χ3n) is 4.61. The van der Waals surface area contributed by atoms with E-state index in [9.17, 15) is 8.42 Å². The largest absolute Gasteiger partial charge is 0.372 e. The van der Waals surface area contributed by atoms with Crippen molar-refractivity contribution in [2.45, 2.75) is 29.6 Å². The number of piperidine rings is 1. The summed E-state index contributed by atoms with van der Waals surface area (Å²) in [6.45, 7) is 4.11. The summed E-state index contributed by atoms with van der Waals surface area (Å²) in [4.78, 5) is 7.94. The van der Waals surface area contributed by atoms with E-state index in [0.29, 0.717) is 5.92 Å². The van der Waals surface area contributed by atoms with E-state index < -0.39 is 10.0 Å². The van der Waals surface area contributed by atoms with Crippen molar-refractivity contribution in [3.8, 4) is 0 Å². The maximum atomic E-state index is 11.3. The number of hydrogen-bond acceptors (Lipinski definition) is 5. The van der Waals surface area contributed by atoms with E-state index in [0.717, 1.165) is 37.4 Å². The number of thioether (sulfide) groups is 1. The lowest BCUT2D eigenvalue weighted by atomic mass is 9.98. The molecule has 0 saturated carbocycles. The van der Waals surface area contributed by atoms with Gasteiger partial charge in [-0.2, -0.15) is 0 Å². The Labute approximate surface area is 153 Å². The van der Waals surface area contributed by atoms with Gasteiger partial charge in [0.05, 0.1) is 4.90 Å². The van der Waals surface area contributed by atoms with Crippen LogP contribution in [-0.4, -0.2) is 32.2 Å². The Kier molecular flexibility index (Phi) is 5.66. The minimum Gasteiger partial charge on any atom is -0.372 e. The van der Waals surface area contributed by atoms with Crippen molar-refractivity contribution in [1.82, 2.24) is 4.98 Å². The fourth-order valence-electron chi connectivity index (χ4n) is 3.01. The third kappa shape index (κ3) is 4.74. The molecule has 0 spiro atoms. The molecule has 134 valence electrons. The van der Waals surface area contributed by atoms with Crippen LogP contribution in [0.3, 0.4) is 0 Å². The van der Waals surface area contributed by atoms with Gasteiger partial charge in [-0.15, -0.1) is 11.8 Å². The minimum absolute atomic E-state index is 0.161. The van der Waals surface area contributed by atoms with Gasteiger partial charge in [-0.1, -0.05) is 0 Å². The lowest BCUT2D eigenvalue weighted by Gasteiger charge is -2.33. The lowest BCUT2D eigenvalue weighted by Crippen LogP contribution is -2.34. The highest BCUT2D eigenvalue weighted by Gasteiger charge is 2.20. The monoisotopic (exact) mass is 377 g/mol. The Hall–Kier alpha value is -1.57. The van der Waals surface area contributed by atoms with Crippen LogP contribution in [0.4, 0.5) is 5.69 Å². The summed E-state index contributed by atoms with van der Waals surface area (Å²) in [7, 11) is -3.62. The molecule has 1 aliphatic rings. The van der Waals surface area contributed by atoms with Crippen LogP contribution >= 0.6 is 11.8 Å². The Bertz CT molecular complexity index is 814. The fourth-order valence-corrected chi connectivity index (χ4v) is 4.71. The number of nitrogens with two attached hydrogens (primary N) is 1. The number of pyridine rings is 1. The zero-order chi connectivity index (χ0) is 17.9. The minimum atomic E-state index is -3.62. The number of anilines is 1. The van der Waals surface area contributed by atoms with E-state index in [1.165, 1.54) is 10.5 Å². The highest BCUT2D eigenvalue weighted by Crippen LogP contribution is 2.30. The van der Waals surface area contributed by atoms with Crippen LogP contribution in [0, 0.1) is 12.8 Å². The smallest absolute Gasteiger partial charge is 0.238 e. The summed E-state index contributed by atoms with van der Waals surface area (Å²) in [5.41, 5.74) is 2.34. The predicted molar refractivity (Wildman–Crippen MR) is 102 cm³/mol. The lowest BCUT2D eigenvalue weighted by molar-refractivity contribution is 0.445. The third-order valence-corrected chi connectivity index (χ3v) is 6.92. The molecule has 2 N–H and O–H groups in total. The molecule has 0 amide bonds. The molecule has 0 aliphatic carbocycles.